The normalized spacial score (nSPS) is 14.1. The maximum atomic E-state index is 12.1. The van der Waals surface area contributed by atoms with E-state index in [1.54, 1.807) is 33.8 Å². The van der Waals surface area contributed by atoms with Gasteiger partial charge >= 0.3 is 5.97 Å². The van der Waals surface area contributed by atoms with Crippen molar-refractivity contribution in [2.24, 2.45) is 5.41 Å². The van der Waals surface area contributed by atoms with E-state index >= 15 is 0 Å². The van der Waals surface area contributed by atoms with Crippen LogP contribution in [-0.2, 0) is 9.59 Å². The molecule has 21 heavy (non-hydrogen) atoms. The summed E-state index contributed by atoms with van der Waals surface area (Å²) in [6.07, 6.45) is -0.768. The van der Waals surface area contributed by atoms with E-state index < -0.39 is 29.4 Å². The lowest BCUT2D eigenvalue weighted by Gasteiger charge is -2.28. The summed E-state index contributed by atoms with van der Waals surface area (Å²) >= 11 is 0. The summed E-state index contributed by atoms with van der Waals surface area (Å²) < 4.78 is 5.55. The molecule has 2 N–H and O–H groups in total. The lowest BCUT2D eigenvalue weighted by molar-refractivity contribution is -0.146. The fraction of sp³-hybridized carbons (Fsp3) is 0.500. The molecule has 0 heterocycles. The molecule has 1 aromatic rings. The van der Waals surface area contributed by atoms with Crippen LogP contribution in [0.5, 0.6) is 5.75 Å². The highest BCUT2D eigenvalue weighted by atomic mass is 16.5. The fourth-order valence-electron chi connectivity index (χ4n) is 1.85. The quantitative estimate of drug-likeness (QED) is 0.874. The van der Waals surface area contributed by atoms with E-state index in [1.165, 1.54) is 0 Å². The third-order valence-corrected chi connectivity index (χ3v) is 3.07. The van der Waals surface area contributed by atoms with Gasteiger partial charge in [-0.15, -0.1) is 0 Å². The van der Waals surface area contributed by atoms with Crippen LogP contribution in [0, 0.1) is 12.3 Å². The van der Waals surface area contributed by atoms with Crippen LogP contribution in [0.15, 0.2) is 24.3 Å². The van der Waals surface area contributed by atoms with Crippen molar-refractivity contribution in [2.75, 3.05) is 0 Å². The Kier molecular flexibility index (Phi) is 5.35. The molecule has 116 valence electrons. The molecule has 0 aliphatic carbocycles. The van der Waals surface area contributed by atoms with E-state index in [0.29, 0.717) is 5.75 Å². The van der Waals surface area contributed by atoms with E-state index in [1.807, 2.05) is 25.1 Å². The largest absolute Gasteiger partial charge is 0.481 e. The average molecular weight is 293 g/mol. The van der Waals surface area contributed by atoms with Crippen LogP contribution in [0.1, 0.15) is 33.3 Å². The number of hydrogen-bond donors (Lipinski definition) is 2. The molecule has 1 unspecified atom stereocenters. The Morgan fingerprint density at radius 1 is 1.29 bits per heavy atom. The topological polar surface area (TPSA) is 75.6 Å². The molecule has 1 aromatic carbocycles. The van der Waals surface area contributed by atoms with Crippen molar-refractivity contribution in [3.05, 3.63) is 29.8 Å². The minimum absolute atomic E-state index is 0.446. The number of aliphatic carboxylic acids is 1. The molecular weight excluding hydrogens is 270 g/mol. The average Bonchev–Trinajstić information content (AvgIpc) is 2.33. The van der Waals surface area contributed by atoms with Gasteiger partial charge in [0.1, 0.15) is 11.8 Å². The van der Waals surface area contributed by atoms with Crippen LogP contribution in [0.3, 0.4) is 0 Å². The molecule has 0 fully saturated rings. The van der Waals surface area contributed by atoms with Crippen LogP contribution >= 0.6 is 0 Å². The van der Waals surface area contributed by atoms with Crippen molar-refractivity contribution in [2.45, 2.75) is 46.8 Å². The minimum Gasteiger partial charge on any atom is -0.481 e. The highest BCUT2D eigenvalue weighted by Gasteiger charge is 2.33. The third kappa shape index (κ3) is 5.10. The van der Waals surface area contributed by atoms with E-state index in [9.17, 15) is 14.7 Å². The summed E-state index contributed by atoms with van der Waals surface area (Å²) in [6, 6.07) is 6.38. The first kappa shape index (κ1) is 17.0. The highest BCUT2D eigenvalue weighted by Crippen LogP contribution is 2.20. The number of hydrogen-bond acceptors (Lipinski definition) is 3. The van der Waals surface area contributed by atoms with Gasteiger partial charge in [0.15, 0.2) is 6.10 Å². The molecule has 0 radical (unpaired) electrons. The number of amides is 1. The van der Waals surface area contributed by atoms with Gasteiger partial charge in [0.2, 0.25) is 0 Å². The van der Waals surface area contributed by atoms with Gasteiger partial charge in [0.05, 0.1) is 0 Å². The smallest absolute Gasteiger partial charge is 0.326 e. The zero-order valence-electron chi connectivity index (χ0n) is 13.1. The molecule has 0 bridgehead atoms. The van der Waals surface area contributed by atoms with Gasteiger partial charge in [-0.1, -0.05) is 32.9 Å². The standard InChI is InChI=1S/C16H23NO4/c1-10-7-6-8-12(9-10)21-11(2)14(18)17-13(15(19)20)16(3,4)5/h6-9,11,13H,1-5H3,(H,17,18)(H,19,20)/t11?,13-/m0/s1. The maximum absolute atomic E-state index is 12.1. The Labute approximate surface area is 125 Å². The third-order valence-electron chi connectivity index (χ3n) is 3.07. The Morgan fingerprint density at radius 3 is 2.38 bits per heavy atom. The van der Waals surface area contributed by atoms with Gasteiger partial charge in [0.25, 0.3) is 5.91 Å². The second kappa shape index (κ2) is 6.61. The highest BCUT2D eigenvalue weighted by molar-refractivity contribution is 5.86. The number of ether oxygens (including phenoxy) is 1. The summed E-state index contributed by atoms with van der Waals surface area (Å²) in [6.45, 7) is 8.81. The van der Waals surface area contributed by atoms with Crippen molar-refractivity contribution >= 4 is 11.9 Å². The Balaban J connectivity index is 2.72. The first-order chi connectivity index (χ1) is 9.61. The Morgan fingerprint density at radius 2 is 1.90 bits per heavy atom. The number of carbonyl (C=O) groups is 2. The van der Waals surface area contributed by atoms with Crippen molar-refractivity contribution in [3.63, 3.8) is 0 Å². The molecule has 0 aliphatic rings. The molecular formula is C16H23NO4. The molecule has 1 rings (SSSR count). The molecule has 0 spiro atoms. The van der Waals surface area contributed by atoms with Gasteiger partial charge in [-0.05, 0) is 37.0 Å². The number of carboxylic acids is 1. The van der Waals surface area contributed by atoms with Crippen molar-refractivity contribution in [1.82, 2.24) is 5.32 Å². The number of nitrogens with one attached hydrogen (secondary N) is 1. The summed E-state index contributed by atoms with van der Waals surface area (Å²) in [5, 5.41) is 11.7. The molecule has 0 saturated heterocycles. The predicted molar refractivity (Wildman–Crippen MR) is 80.3 cm³/mol. The van der Waals surface area contributed by atoms with Crippen LogP contribution in [0.2, 0.25) is 0 Å². The summed E-state index contributed by atoms with van der Waals surface area (Å²) in [5.74, 6) is -0.919. The number of carboxylic acid groups (broad SMARTS) is 1. The number of aryl methyl sites for hydroxylation is 1. The Hall–Kier alpha value is -2.04. The SMILES string of the molecule is Cc1cccc(OC(C)C(=O)N[C@@H](C(=O)O)C(C)(C)C)c1. The van der Waals surface area contributed by atoms with Gasteiger partial charge in [-0.3, -0.25) is 4.79 Å². The molecule has 5 heteroatoms. The van der Waals surface area contributed by atoms with Crippen molar-refractivity contribution < 1.29 is 19.4 Å². The molecule has 0 saturated carbocycles. The van der Waals surface area contributed by atoms with Gasteiger partial charge in [-0.25, -0.2) is 4.79 Å². The molecule has 1 amide bonds. The lowest BCUT2D eigenvalue weighted by Crippen LogP contribution is -2.52. The molecule has 0 aliphatic heterocycles. The second-order valence-electron chi connectivity index (χ2n) is 6.22. The molecule has 2 atom stereocenters. The van der Waals surface area contributed by atoms with Crippen LogP contribution < -0.4 is 10.1 Å². The van der Waals surface area contributed by atoms with Crippen LogP contribution in [0.4, 0.5) is 0 Å². The number of rotatable bonds is 5. The monoisotopic (exact) mass is 293 g/mol. The van der Waals surface area contributed by atoms with E-state index in [4.69, 9.17) is 4.74 Å². The summed E-state index contributed by atoms with van der Waals surface area (Å²) in [7, 11) is 0. The van der Waals surface area contributed by atoms with Crippen LogP contribution in [-0.4, -0.2) is 29.1 Å². The zero-order chi connectivity index (χ0) is 16.2. The first-order valence-electron chi connectivity index (χ1n) is 6.88. The zero-order valence-corrected chi connectivity index (χ0v) is 13.1. The molecule has 0 aromatic heterocycles. The maximum Gasteiger partial charge on any atom is 0.326 e. The lowest BCUT2D eigenvalue weighted by atomic mass is 9.86. The van der Waals surface area contributed by atoms with Crippen molar-refractivity contribution in [1.29, 1.82) is 0 Å². The van der Waals surface area contributed by atoms with Gasteiger partial charge in [-0.2, -0.15) is 0 Å². The van der Waals surface area contributed by atoms with Gasteiger partial charge < -0.3 is 15.2 Å². The summed E-state index contributed by atoms with van der Waals surface area (Å²) in [4.78, 5) is 23.3. The van der Waals surface area contributed by atoms with Crippen molar-refractivity contribution in [3.8, 4) is 5.75 Å². The van der Waals surface area contributed by atoms with E-state index in [2.05, 4.69) is 5.32 Å². The van der Waals surface area contributed by atoms with Gasteiger partial charge in [0, 0.05) is 0 Å². The van der Waals surface area contributed by atoms with E-state index in [-0.39, 0.29) is 0 Å². The van der Waals surface area contributed by atoms with E-state index in [0.717, 1.165) is 5.56 Å². The number of carbonyl (C=O) groups excluding carboxylic acids is 1. The van der Waals surface area contributed by atoms with Crippen LogP contribution in [0.25, 0.3) is 0 Å². The summed E-state index contributed by atoms with van der Waals surface area (Å²) in [5.41, 5.74) is 0.447. The first-order valence-corrected chi connectivity index (χ1v) is 6.88. The Bertz CT molecular complexity index is 519. The number of benzene rings is 1. The minimum atomic E-state index is -1.06. The predicted octanol–water partition coefficient (Wildman–Crippen LogP) is 2.38. The molecule has 5 nitrogen and oxygen atoms in total. The fourth-order valence-corrected chi connectivity index (χ4v) is 1.85. The second-order valence-corrected chi connectivity index (χ2v) is 6.22.